The molecule has 0 radical (unpaired) electrons. The lowest BCUT2D eigenvalue weighted by Gasteiger charge is -2.27. The van der Waals surface area contributed by atoms with Crippen molar-refractivity contribution in [3.05, 3.63) is 35.5 Å². The van der Waals surface area contributed by atoms with Gasteiger partial charge in [-0.05, 0) is 43.7 Å². The zero-order valence-electron chi connectivity index (χ0n) is 14.9. The molecule has 0 bridgehead atoms. The van der Waals surface area contributed by atoms with Gasteiger partial charge in [0.2, 0.25) is 5.91 Å². The van der Waals surface area contributed by atoms with Gasteiger partial charge in [-0.2, -0.15) is 0 Å². The van der Waals surface area contributed by atoms with Crippen molar-refractivity contribution in [1.29, 1.82) is 0 Å². The molecule has 1 amide bonds. The van der Waals surface area contributed by atoms with Crippen LogP contribution < -0.4 is 5.32 Å². The molecular formula is C20H27N3OS. The highest BCUT2D eigenvalue weighted by Crippen LogP contribution is 2.32. The molecule has 1 saturated carbocycles. The molecule has 1 N–H and O–H groups in total. The Bertz CT molecular complexity index is 663. The van der Waals surface area contributed by atoms with Crippen molar-refractivity contribution in [2.75, 3.05) is 0 Å². The molecule has 25 heavy (non-hydrogen) atoms. The Labute approximate surface area is 154 Å². The number of hydrogen-bond acceptors (Lipinski definition) is 4. The van der Waals surface area contributed by atoms with Gasteiger partial charge in [0, 0.05) is 17.5 Å². The number of hydrogen-bond donors (Lipinski definition) is 1. The van der Waals surface area contributed by atoms with Gasteiger partial charge in [-0.3, -0.25) is 9.78 Å². The van der Waals surface area contributed by atoms with Crippen LogP contribution >= 0.6 is 11.3 Å². The number of amides is 1. The second-order valence-electron chi connectivity index (χ2n) is 6.94. The van der Waals surface area contributed by atoms with Gasteiger partial charge in [0.1, 0.15) is 5.01 Å². The summed E-state index contributed by atoms with van der Waals surface area (Å²) in [4.78, 5) is 21.3. The van der Waals surface area contributed by atoms with Gasteiger partial charge in [0.05, 0.1) is 17.9 Å². The molecule has 1 aliphatic carbocycles. The Morgan fingerprint density at radius 2 is 2.12 bits per heavy atom. The minimum Gasteiger partial charge on any atom is -0.350 e. The van der Waals surface area contributed by atoms with Crippen molar-refractivity contribution in [3.8, 4) is 10.7 Å². The van der Waals surface area contributed by atoms with E-state index in [4.69, 9.17) is 0 Å². The smallest absolute Gasteiger partial charge is 0.223 e. The highest BCUT2D eigenvalue weighted by Gasteiger charge is 2.25. The van der Waals surface area contributed by atoms with Crippen molar-refractivity contribution >= 4 is 17.2 Å². The first-order chi connectivity index (χ1) is 12.3. The van der Waals surface area contributed by atoms with E-state index in [2.05, 4.69) is 22.2 Å². The Kier molecular flexibility index (Phi) is 6.56. The summed E-state index contributed by atoms with van der Waals surface area (Å²) in [7, 11) is 0. The number of pyridine rings is 1. The van der Waals surface area contributed by atoms with E-state index in [1.54, 1.807) is 17.5 Å². The fourth-order valence-electron chi connectivity index (χ4n) is 3.52. The summed E-state index contributed by atoms with van der Waals surface area (Å²) in [5, 5.41) is 5.99. The zero-order valence-corrected chi connectivity index (χ0v) is 15.7. The second kappa shape index (κ2) is 9.09. The van der Waals surface area contributed by atoms with Crippen LogP contribution in [-0.2, 0) is 11.3 Å². The Balaban J connectivity index is 1.45. The molecule has 0 saturated heterocycles. The number of rotatable bonds is 7. The molecule has 0 unspecified atom stereocenters. The zero-order chi connectivity index (χ0) is 17.5. The Morgan fingerprint density at radius 1 is 1.28 bits per heavy atom. The topological polar surface area (TPSA) is 54.9 Å². The molecule has 0 aliphatic heterocycles. The first-order valence-corrected chi connectivity index (χ1v) is 10.3. The van der Waals surface area contributed by atoms with E-state index in [1.165, 1.54) is 32.1 Å². The van der Waals surface area contributed by atoms with E-state index in [0.717, 1.165) is 35.2 Å². The van der Waals surface area contributed by atoms with Gasteiger partial charge in [0.15, 0.2) is 0 Å². The lowest BCUT2D eigenvalue weighted by atomic mass is 9.79. The van der Waals surface area contributed by atoms with Crippen LogP contribution in [-0.4, -0.2) is 15.9 Å². The summed E-state index contributed by atoms with van der Waals surface area (Å²) in [6.45, 7) is 2.76. The predicted molar refractivity (Wildman–Crippen MR) is 102 cm³/mol. The van der Waals surface area contributed by atoms with Crippen molar-refractivity contribution < 1.29 is 4.79 Å². The summed E-state index contributed by atoms with van der Waals surface area (Å²) in [5.41, 5.74) is 1.80. The average Bonchev–Trinajstić information content (AvgIpc) is 3.14. The van der Waals surface area contributed by atoms with E-state index >= 15 is 0 Å². The standard InChI is InChI=1S/C20H27N3OS/c1-2-3-6-15-8-10-16(11-9-15)19(24)22-13-17-14-25-20(23-17)18-7-4-5-12-21-18/h4-5,7,12,14-16H,2-3,6,8-11,13H2,1H3,(H,22,24). The van der Waals surface area contributed by atoms with Crippen molar-refractivity contribution in [2.45, 2.75) is 58.4 Å². The Hall–Kier alpha value is -1.75. The quantitative estimate of drug-likeness (QED) is 0.773. The first-order valence-electron chi connectivity index (χ1n) is 9.39. The van der Waals surface area contributed by atoms with Gasteiger partial charge >= 0.3 is 0 Å². The van der Waals surface area contributed by atoms with Gasteiger partial charge in [-0.1, -0.05) is 32.3 Å². The lowest BCUT2D eigenvalue weighted by Crippen LogP contribution is -2.32. The highest BCUT2D eigenvalue weighted by atomic mass is 32.1. The van der Waals surface area contributed by atoms with Crippen LogP contribution in [0.15, 0.2) is 29.8 Å². The molecule has 3 rings (SSSR count). The molecule has 0 atom stereocenters. The number of aromatic nitrogens is 2. The summed E-state index contributed by atoms with van der Waals surface area (Å²) in [6, 6.07) is 5.81. The number of nitrogens with one attached hydrogen (secondary N) is 1. The fourth-order valence-corrected chi connectivity index (χ4v) is 4.32. The van der Waals surface area contributed by atoms with E-state index in [9.17, 15) is 4.79 Å². The van der Waals surface area contributed by atoms with Crippen LogP contribution in [0.4, 0.5) is 0 Å². The monoisotopic (exact) mass is 357 g/mol. The molecule has 0 aromatic carbocycles. The minimum atomic E-state index is 0.187. The molecule has 134 valence electrons. The van der Waals surface area contributed by atoms with Crippen LogP contribution in [0, 0.1) is 11.8 Å². The predicted octanol–water partition coefficient (Wildman–Crippen LogP) is 4.82. The maximum absolute atomic E-state index is 12.4. The maximum Gasteiger partial charge on any atom is 0.223 e. The van der Waals surface area contributed by atoms with E-state index < -0.39 is 0 Å². The van der Waals surface area contributed by atoms with Crippen molar-refractivity contribution in [1.82, 2.24) is 15.3 Å². The molecule has 1 fully saturated rings. The van der Waals surface area contributed by atoms with Crippen LogP contribution in [0.5, 0.6) is 0 Å². The third kappa shape index (κ3) is 5.11. The molecule has 1 aliphatic rings. The third-order valence-corrected chi connectivity index (χ3v) is 5.98. The molecule has 4 nitrogen and oxygen atoms in total. The molecule has 5 heteroatoms. The van der Waals surface area contributed by atoms with Gasteiger partial charge < -0.3 is 5.32 Å². The van der Waals surface area contributed by atoms with Gasteiger partial charge in [-0.25, -0.2) is 4.98 Å². The molecule has 0 spiro atoms. The van der Waals surface area contributed by atoms with Crippen molar-refractivity contribution in [3.63, 3.8) is 0 Å². The second-order valence-corrected chi connectivity index (χ2v) is 7.79. The van der Waals surface area contributed by atoms with E-state index in [0.29, 0.717) is 6.54 Å². The minimum absolute atomic E-state index is 0.187. The SMILES string of the molecule is CCCCC1CCC(C(=O)NCc2csc(-c3ccccn3)n2)CC1. The Morgan fingerprint density at radius 3 is 2.84 bits per heavy atom. The molecular weight excluding hydrogens is 330 g/mol. The molecule has 2 aromatic heterocycles. The van der Waals surface area contributed by atoms with Gasteiger partial charge in [0.25, 0.3) is 0 Å². The van der Waals surface area contributed by atoms with Crippen molar-refractivity contribution in [2.24, 2.45) is 11.8 Å². The number of carbonyl (C=O) groups is 1. The molecule has 2 aromatic rings. The largest absolute Gasteiger partial charge is 0.350 e. The number of thiazole rings is 1. The van der Waals surface area contributed by atoms with Crippen LogP contribution in [0.2, 0.25) is 0 Å². The van der Waals surface area contributed by atoms with Crippen LogP contribution in [0.1, 0.15) is 57.6 Å². The summed E-state index contributed by atoms with van der Waals surface area (Å²) < 4.78 is 0. The summed E-state index contributed by atoms with van der Waals surface area (Å²) >= 11 is 1.57. The fraction of sp³-hybridized carbons (Fsp3) is 0.550. The maximum atomic E-state index is 12.4. The van der Waals surface area contributed by atoms with Crippen LogP contribution in [0.25, 0.3) is 10.7 Å². The number of unbranched alkanes of at least 4 members (excludes halogenated alkanes) is 1. The van der Waals surface area contributed by atoms with E-state index in [1.807, 2.05) is 23.6 Å². The van der Waals surface area contributed by atoms with E-state index in [-0.39, 0.29) is 11.8 Å². The number of carbonyl (C=O) groups excluding carboxylic acids is 1. The lowest BCUT2D eigenvalue weighted by molar-refractivity contribution is -0.126. The highest BCUT2D eigenvalue weighted by molar-refractivity contribution is 7.13. The summed E-state index contributed by atoms with van der Waals surface area (Å²) in [6.07, 6.45) is 10.2. The normalized spacial score (nSPS) is 20.4. The average molecular weight is 358 g/mol. The molecule has 2 heterocycles. The van der Waals surface area contributed by atoms with Gasteiger partial charge in [-0.15, -0.1) is 11.3 Å². The number of nitrogens with zero attached hydrogens (tertiary/aromatic N) is 2. The summed E-state index contributed by atoms with van der Waals surface area (Å²) in [5.74, 6) is 1.22. The third-order valence-electron chi connectivity index (χ3n) is 5.06. The first kappa shape index (κ1) is 18.1. The van der Waals surface area contributed by atoms with Crippen LogP contribution in [0.3, 0.4) is 0 Å².